The number of hydrogen-bond donors (Lipinski definition) is 1. The maximum atomic E-state index is 4.62. The summed E-state index contributed by atoms with van der Waals surface area (Å²) in [4.78, 5) is 11.2. The summed E-state index contributed by atoms with van der Waals surface area (Å²) >= 11 is 0. The van der Waals surface area contributed by atoms with Gasteiger partial charge in [0.15, 0.2) is 0 Å². The Hall–Kier alpha value is -1.16. The third-order valence-corrected chi connectivity index (χ3v) is 2.48. The molecule has 1 rings (SSSR count). The van der Waals surface area contributed by atoms with E-state index in [4.69, 9.17) is 0 Å². The Kier molecular flexibility index (Phi) is 5.35. The van der Waals surface area contributed by atoms with E-state index in [0.717, 1.165) is 36.7 Å². The van der Waals surface area contributed by atoms with Crippen LogP contribution in [0.2, 0.25) is 0 Å². The van der Waals surface area contributed by atoms with Crippen molar-refractivity contribution in [1.82, 2.24) is 14.9 Å². The van der Waals surface area contributed by atoms with Crippen LogP contribution in [-0.4, -0.2) is 42.6 Å². The van der Waals surface area contributed by atoms with Gasteiger partial charge >= 0.3 is 0 Å². The van der Waals surface area contributed by atoms with E-state index in [1.807, 2.05) is 13.1 Å². The molecule has 0 radical (unpaired) electrons. The van der Waals surface area contributed by atoms with Gasteiger partial charge in [-0.3, -0.25) is 0 Å². The molecule has 0 aliphatic heterocycles. The molecule has 4 heteroatoms. The van der Waals surface area contributed by atoms with E-state index >= 15 is 0 Å². The molecule has 0 aromatic carbocycles. The first-order valence-corrected chi connectivity index (χ1v) is 6.20. The fraction of sp³-hybridized carbons (Fsp3) is 0.692. The molecule has 0 unspecified atom stereocenters. The molecule has 0 saturated heterocycles. The van der Waals surface area contributed by atoms with Gasteiger partial charge in [-0.25, -0.2) is 9.97 Å². The second-order valence-corrected chi connectivity index (χ2v) is 5.06. The predicted molar refractivity (Wildman–Crippen MR) is 72.4 cm³/mol. The van der Waals surface area contributed by atoms with Crippen LogP contribution in [0.5, 0.6) is 0 Å². The molecule has 1 aromatic rings. The van der Waals surface area contributed by atoms with Crippen LogP contribution in [0, 0.1) is 5.92 Å². The topological polar surface area (TPSA) is 41.1 Å². The van der Waals surface area contributed by atoms with Crippen LogP contribution in [-0.2, 0) is 12.8 Å². The van der Waals surface area contributed by atoms with Crippen LogP contribution in [0.1, 0.15) is 25.4 Å². The Labute approximate surface area is 104 Å². The Morgan fingerprint density at radius 1 is 1.29 bits per heavy atom. The standard InChI is InChI=1S/C13H24N4/c1-10(2)8-11-9-13(14-3)16-12(15-11)6-7-17(4)5/h9-10H,6-8H2,1-5H3,(H,14,15,16). The summed E-state index contributed by atoms with van der Waals surface area (Å²) in [7, 11) is 6.03. The molecule has 0 aliphatic rings. The lowest BCUT2D eigenvalue weighted by molar-refractivity contribution is 0.409. The van der Waals surface area contributed by atoms with Crippen molar-refractivity contribution in [3.63, 3.8) is 0 Å². The first-order valence-electron chi connectivity index (χ1n) is 6.20. The van der Waals surface area contributed by atoms with Gasteiger partial charge in [0.1, 0.15) is 11.6 Å². The summed E-state index contributed by atoms with van der Waals surface area (Å²) in [5, 5.41) is 3.10. The summed E-state index contributed by atoms with van der Waals surface area (Å²) in [6, 6.07) is 2.04. The first-order chi connectivity index (χ1) is 8.01. The highest BCUT2D eigenvalue weighted by molar-refractivity contribution is 5.35. The highest BCUT2D eigenvalue weighted by Gasteiger charge is 2.06. The van der Waals surface area contributed by atoms with Crippen molar-refractivity contribution in [2.45, 2.75) is 26.7 Å². The molecule has 96 valence electrons. The van der Waals surface area contributed by atoms with Crippen molar-refractivity contribution in [3.05, 3.63) is 17.6 Å². The largest absolute Gasteiger partial charge is 0.373 e. The van der Waals surface area contributed by atoms with E-state index in [9.17, 15) is 0 Å². The Morgan fingerprint density at radius 3 is 2.53 bits per heavy atom. The first kappa shape index (κ1) is 13.9. The molecule has 4 nitrogen and oxygen atoms in total. The molecule has 0 fully saturated rings. The lowest BCUT2D eigenvalue weighted by atomic mass is 10.1. The van der Waals surface area contributed by atoms with Gasteiger partial charge in [-0.1, -0.05) is 13.8 Å². The molecule has 0 atom stereocenters. The highest BCUT2D eigenvalue weighted by Crippen LogP contribution is 2.11. The Morgan fingerprint density at radius 2 is 2.00 bits per heavy atom. The van der Waals surface area contributed by atoms with Crippen molar-refractivity contribution in [2.24, 2.45) is 5.92 Å². The highest BCUT2D eigenvalue weighted by atomic mass is 15.1. The number of nitrogens with zero attached hydrogens (tertiary/aromatic N) is 3. The van der Waals surface area contributed by atoms with Crippen LogP contribution in [0.3, 0.4) is 0 Å². The zero-order chi connectivity index (χ0) is 12.8. The second-order valence-electron chi connectivity index (χ2n) is 5.06. The van der Waals surface area contributed by atoms with Gasteiger partial charge in [-0.15, -0.1) is 0 Å². The number of aromatic nitrogens is 2. The normalized spacial score (nSPS) is 11.2. The predicted octanol–water partition coefficient (Wildman–Crippen LogP) is 1.82. The minimum absolute atomic E-state index is 0.622. The third kappa shape index (κ3) is 5.13. The molecule has 17 heavy (non-hydrogen) atoms. The molecule has 0 bridgehead atoms. The molecule has 1 aromatic heterocycles. The van der Waals surface area contributed by atoms with E-state index in [1.54, 1.807) is 0 Å². The molecule has 0 spiro atoms. The van der Waals surface area contributed by atoms with Crippen LogP contribution < -0.4 is 5.32 Å². The van der Waals surface area contributed by atoms with Crippen molar-refractivity contribution < 1.29 is 0 Å². The molecule has 1 N–H and O–H groups in total. The fourth-order valence-electron chi connectivity index (χ4n) is 1.64. The molecule has 1 heterocycles. The quantitative estimate of drug-likeness (QED) is 0.818. The molecule has 0 saturated carbocycles. The lowest BCUT2D eigenvalue weighted by Gasteiger charge is -2.11. The lowest BCUT2D eigenvalue weighted by Crippen LogP contribution is -2.17. The van der Waals surface area contributed by atoms with Gasteiger partial charge in [-0.05, 0) is 26.4 Å². The summed E-state index contributed by atoms with van der Waals surface area (Å²) in [5.41, 5.74) is 1.13. The van der Waals surface area contributed by atoms with Gasteiger partial charge in [-0.2, -0.15) is 0 Å². The second kappa shape index (κ2) is 6.55. The van der Waals surface area contributed by atoms with Crippen LogP contribution in [0.4, 0.5) is 5.82 Å². The molecular formula is C13H24N4. The Bertz CT molecular complexity index is 347. The summed E-state index contributed by atoms with van der Waals surface area (Å²) in [6.07, 6.45) is 1.90. The summed E-state index contributed by atoms with van der Waals surface area (Å²) in [5.74, 6) is 2.47. The zero-order valence-electron chi connectivity index (χ0n) is 11.6. The van der Waals surface area contributed by atoms with Gasteiger partial charge in [0.05, 0.1) is 0 Å². The summed E-state index contributed by atoms with van der Waals surface area (Å²) in [6.45, 7) is 5.40. The zero-order valence-corrected chi connectivity index (χ0v) is 11.6. The maximum absolute atomic E-state index is 4.62. The number of nitrogens with one attached hydrogen (secondary N) is 1. The molecule has 0 aliphatic carbocycles. The van der Waals surface area contributed by atoms with E-state index in [-0.39, 0.29) is 0 Å². The molecular weight excluding hydrogens is 212 g/mol. The van der Waals surface area contributed by atoms with Gasteiger partial charge in [0.2, 0.25) is 0 Å². The summed E-state index contributed by atoms with van der Waals surface area (Å²) < 4.78 is 0. The van der Waals surface area contributed by atoms with E-state index in [2.05, 4.69) is 48.1 Å². The average molecular weight is 236 g/mol. The van der Waals surface area contributed by atoms with Crippen molar-refractivity contribution in [2.75, 3.05) is 33.0 Å². The number of rotatable bonds is 6. The maximum Gasteiger partial charge on any atom is 0.132 e. The fourth-order valence-corrected chi connectivity index (χ4v) is 1.64. The van der Waals surface area contributed by atoms with E-state index in [1.165, 1.54) is 0 Å². The third-order valence-electron chi connectivity index (χ3n) is 2.48. The van der Waals surface area contributed by atoms with Crippen molar-refractivity contribution in [3.8, 4) is 0 Å². The minimum atomic E-state index is 0.622. The monoisotopic (exact) mass is 236 g/mol. The van der Waals surface area contributed by atoms with E-state index < -0.39 is 0 Å². The van der Waals surface area contributed by atoms with Crippen LogP contribution in [0.25, 0.3) is 0 Å². The van der Waals surface area contributed by atoms with Crippen LogP contribution >= 0.6 is 0 Å². The van der Waals surface area contributed by atoms with Crippen molar-refractivity contribution in [1.29, 1.82) is 0 Å². The van der Waals surface area contributed by atoms with Gasteiger partial charge < -0.3 is 10.2 Å². The van der Waals surface area contributed by atoms with Crippen LogP contribution in [0.15, 0.2) is 6.07 Å². The van der Waals surface area contributed by atoms with Crippen molar-refractivity contribution >= 4 is 5.82 Å². The van der Waals surface area contributed by atoms with Gasteiger partial charge in [0, 0.05) is 31.8 Å². The average Bonchev–Trinajstić information content (AvgIpc) is 2.25. The number of likely N-dealkylation sites (N-methyl/N-ethyl adjacent to an activating group) is 1. The minimum Gasteiger partial charge on any atom is -0.373 e. The SMILES string of the molecule is CNc1cc(CC(C)C)nc(CCN(C)C)n1. The smallest absolute Gasteiger partial charge is 0.132 e. The Balaban J connectivity index is 2.81. The molecule has 0 amide bonds. The number of hydrogen-bond acceptors (Lipinski definition) is 4. The van der Waals surface area contributed by atoms with Gasteiger partial charge in [0.25, 0.3) is 0 Å². The number of anilines is 1. The van der Waals surface area contributed by atoms with E-state index in [0.29, 0.717) is 5.92 Å².